The third-order valence-corrected chi connectivity index (χ3v) is 3.99. The number of ether oxygens (including phenoxy) is 1. The fourth-order valence-corrected chi connectivity index (χ4v) is 2.98. The summed E-state index contributed by atoms with van der Waals surface area (Å²) in [5.41, 5.74) is -0.639. The third-order valence-electron chi connectivity index (χ3n) is 2.36. The lowest BCUT2D eigenvalue weighted by molar-refractivity contribution is -0.151. The van der Waals surface area contributed by atoms with Crippen molar-refractivity contribution < 1.29 is 9.53 Å². The van der Waals surface area contributed by atoms with Crippen LogP contribution in [0.2, 0.25) is 0 Å². The second-order valence-electron chi connectivity index (χ2n) is 3.72. The summed E-state index contributed by atoms with van der Waals surface area (Å²) >= 11 is 5.03. The van der Waals surface area contributed by atoms with Crippen molar-refractivity contribution in [1.29, 1.82) is 0 Å². The smallest absolute Gasteiger partial charge is 0.315 e. The summed E-state index contributed by atoms with van der Waals surface area (Å²) in [5, 5.41) is 0. The van der Waals surface area contributed by atoms with E-state index in [4.69, 9.17) is 4.74 Å². The van der Waals surface area contributed by atoms with Crippen molar-refractivity contribution in [2.24, 2.45) is 5.41 Å². The number of halogens is 1. The maximum Gasteiger partial charge on any atom is 0.315 e. The van der Waals surface area contributed by atoms with Crippen LogP contribution >= 0.6 is 27.3 Å². The van der Waals surface area contributed by atoms with Crippen molar-refractivity contribution in [1.82, 2.24) is 0 Å². The zero-order valence-corrected chi connectivity index (χ0v) is 11.9. The summed E-state index contributed by atoms with van der Waals surface area (Å²) in [5.74, 6) is -0.213. The van der Waals surface area contributed by atoms with Gasteiger partial charge in [0.1, 0.15) is 0 Å². The van der Waals surface area contributed by atoms with E-state index in [-0.39, 0.29) is 5.97 Å². The molecule has 0 aliphatic carbocycles. The molecule has 1 heterocycles. The predicted octanol–water partition coefficient (Wildman–Crippen LogP) is 3.81. The summed E-state index contributed by atoms with van der Waals surface area (Å²) in [6, 6.07) is 3.99. The molecular formula is C12H15BrO2S. The van der Waals surface area contributed by atoms with E-state index in [2.05, 4.69) is 22.5 Å². The Bertz CT molecular complexity index is 386. The zero-order valence-electron chi connectivity index (χ0n) is 9.46. The average molecular weight is 303 g/mol. The third kappa shape index (κ3) is 3.19. The van der Waals surface area contributed by atoms with Gasteiger partial charge in [0.2, 0.25) is 0 Å². The van der Waals surface area contributed by atoms with E-state index in [9.17, 15) is 4.79 Å². The molecule has 0 amide bonds. The predicted molar refractivity (Wildman–Crippen MR) is 70.7 cm³/mol. The monoisotopic (exact) mass is 302 g/mol. The van der Waals surface area contributed by atoms with Crippen molar-refractivity contribution in [3.05, 3.63) is 33.5 Å². The first-order chi connectivity index (χ1) is 7.51. The minimum absolute atomic E-state index is 0.213. The Hall–Kier alpha value is -0.610. The highest BCUT2D eigenvalue weighted by atomic mass is 79.9. The lowest BCUT2D eigenvalue weighted by Gasteiger charge is -2.22. The topological polar surface area (TPSA) is 26.3 Å². The molecule has 0 radical (unpaired) electrons. The summed E-state index contributed by atoms with van der Waals surface area (Å²) < 4.78 is 6.13. The van der Waals surface area contributed by atoms with Crippen LogP contribution in [0.25, 0.3) is 0 Å². The van der Waals surface area contributed by atoms with Gasteiger partial charge in [0.05, 0.1) is 15.8 Å². The molecule has 1 unspecified atom stereocenters. The Morgan fingerprint density at radius 3 is 2.81 bits per heavy atom. The van der Waals surface area contributed by atoms with E-state index >= 15 is 0 Å². The number of hydrogen-bond donors (Lipinski definition) is 0. The molecule has 1 aromatic rings. The van der Waals surface area contributed by atoms with Gasteiger partial charge in [-0.1, -0.05) is 6.08 Å². The van der Waals surface area contributed by atoms with Gasteiger partial charge in [0, 0.05) is 11.3 Å². The van der Waals surface area contributed by atoms with Gasteiger partial charge in [-0.3, -0.25) is 4.79 Å². The molecule has 0 aliphatic heterocycles. The number of carbonyl (C=O) groups is 1. The molecule has 1 rings (SSSR count). The summed E-state index contributed by atoms with van der Waals surface area (Å²) in [4.78, 5) is 12.9. The fraction of sp³-hybridized carbons (Fsp3) is 0.417. The first-order valence-corrected chi connectivity index (χ1v) is 6.68. The van der Waals surface area contributed by atoms with Gasteiger partial charge in [-0.05, 0) is 41.9 Å². The quantitative estimate of drug-likeness (QED) is 0.611. The maximum atomic E-state index is 11.8. The zero-order chi connectivity index (χ0) is 12.2. The second kappa shape index (κ2) is 5.64. The average Bonchev–Trinajstić information content (AvgIpc) is 2.64. The Morgan fingerprint density at radius 2 is 2.38 bits per heavy atom. The van der Waals surface area contributed by atoms with E-state index in [1.807, 2.05) is 26.0 Å². The number of rotatable bonds is 5. The van der Waals surface area contributed by atoms with Gasteiger partial charge in [0.25, 0.3) is 0 Å². The van der Waals surface area contributed by atoms with E-state index in [1.165, 1.54) is 0 Å². The summed E-state index contributed by atoms with van der Waals surface area (Å²) in [7, 11) is 0. The molecule has 16 heavy (non-hydrogen) atoms. The summed E-state index contributed by atoms with van der Waals surface area (Å²) in [6.45, 7) is 7.79. The Kier molecular flexibility index (Phi) is 4.74. The highest BCUT2D eigenvalue weighted by Gasteiger charge is 2.32. The lowest BCUT2D eigenvalue weighted by Crippen LogP contribution is -2.29. The van der Waals surface area contributed by atoms with Gasteiger partial charge in [-0.15, -0.1) is 17.9 Å². The molecule has 0 N–H and O–H groups in total. The molecule has 0 saturated heterocycles. The van der Waals surface area contributed by atoms with Gasteiger partial charge in [0.15, 0.2) is 0 Å². The molecule has 88 valence electrons. The van der Waals surface area contributed by atoms with Crippen LogP contribution in [-0.4, -0.2) is 12.6 Å². The molecule has 0 fully saturated rings. The van der Waals surface area contributed by atoms with Crippen LogP contribution in [-0.2, 0) is 16.0 Å². The van der Waals surface area contributed by atoms with Crippen LogP contribution in [0.15, 0.2) is 28.6 Å². The molecule has 0 aromatic carbocycles. The first kappa shape index (κ1) is 13.5. The number of carbonyl (C=O) groups excluding carboxylic acids is 1. The van der Waals surface area contributed by atoms with Crippen molar-refractivity contribution in [2.45, 2.75) is 20.3 Å². The van der Waals surface area contributed by atoms with Crippen LogP contribution in [0.3, 0.4) is 0 Å². The van der Waals surface area contributed by atoms with Crippen molar-refractivity contribution in [3.63, 3.8) is 0 Å². The van der Waals surface area contributed by atoms with Crippen LogP contribution in [0.5, 0.6) is 0 Å². The number of esters is 1. The van der Waals surface area contributed by atoms with Crippen molar-refractivity contribution in [3.8, 4) is 0 Å². The highest BCUT2D eigenvalue weighted by Crippen LogP contribution is 2.31. The minimum atomic E-state index is -0.639. The van der Waals surface area contributed by atoms with Crippen molar-refractivity contribution >= 4 is 33.2 Å². The van der Waals surface area contributed by atoms with Crippen LogP contribution < -0.4 is 0 Å². The highest BCUT2D eigenvalue weighted by molar-refractivity contribution is 9.11. The molecular weight excluding hydrogens is 288 g/mol. The molecule has 0 bridgehead atoms. The summed E-state index contributed by atoms with van der Waals surface area (Å²) in [6.07, 6.45) is 2.30. The van der Waals surface area contributed by atoms with Crippen LogP contribution in [0.4, 0.5) is 0 Å². The molecule has 0 spiro atoms. The minimum Gasteiger partial charge on any atom is -0.465 e. The molecule has 0 aliphatic rings. The van der Waals surface area contributed by atoms with Crippen LogP contribution in [0.1, 0.15) is 18.7 Å². The number of hydrogen-bond acceptors (Lipinski definition) is 3. The van der Waals surface area contributed by atoms with Crippen LogP contribution in [0, 0.1) is 5.41 Å². The standard InChI is InChI=1S/C12H15BrO2S/c1-4-12(3,11(14)15-5-2)8-9-6-7-10(13)16-9/h4,6-7H,1,5,8H2,2-3H3. The molecule has 1 atom stereocenters. The Labute approximate surface area is 108 Å². The molecule has 0 saturated carbocycles. The van der Waals surface area contributed by atoms with E-state index in [0.29, 0.717) is 13.0 Å². The van der Waals surface area contributed by atoms with Gasteiger partial charge < -0.3 is 4.74 Å². The Morgan fingerprint density at radius 1 is 1.69 bits per heavy atom. The van der Waals surface area contributed by atoms with Gasteiger partial charge in [-0.2, -0.15) is 0 Å². The van der Waals surface area contributed by atoms with Gasteiger partial charge >= 0.3 is 5.97 Å². The van der Waals surface area contributed by atoms with E-state index in [1.54, 1.807) is 17.4 Å². The SMILES string of the molecule is C=CC(C)(Cc1ccc(Br)s1)C(=O)OCC. The van der Waals surface area contributed by atoms with Crippen molar-refractivity contribution in [2.75, 3.05) is 6.61 Å². The van der Waals surface area contributed by atoms with E-state index in [0.717, 1.165) is 8.66 Å². The molecule has 2 nitrogen and oxygen atoms in total. The fourth-order valence-electron chi connectivity index (χ4n) is 1.33. The molecule has 4 heteroatoms. The van der Waals surface area contributed by atoms with Gasteiger partial charge in [-0.25, -0.2) is 0 Å². The largest absolute Gasteiger partial charge is 0.465 e. The maximum absolute atomic E-state index is 11.8. The normalized spacial score (nSPS) is 14.2. The lowest BCUT2D eigenvalue weighted by atomic mass is 9.86. The second-order valence-corrected chi connectivity index (χ2v) is 6.27. The Balaban J connectivity index is 2.81. The van der Waals surface area contributed by atoms with E-state index < -0.39 is 5.41 Å². The number of thiophene rings is 1. The first-order valence-electron chi connectivity index (χ1n) is 5.07. The molecule has 1 aromatic heterocycles.